The fraction of sp³-hybridized carbons (Fsp3) is 0.471. The molecule has 1 fully saturated rings. The Bertz CT molecular complexity index is 1190. The summed E-state index contributed by atoms with van der Waals surface area (Å²) < 4.78 is 56.2. The first-order valence-corrected chi connectivity index (χ1v) is 12.1. The van der Waals surface area contributed by atoms with Gasteiger partial charge in [-0.3, -0.25) is 14.8 Å². The van der Waals surface area contributed by atoms with E-state index >= 15 is 0 Å². The van der Waals surface area contributed by atoms with Gasteiger partial charge in [0.05, 0.1) is 21.2 Å². The molecular weight excluding hydrogens is 434 g/mol. The first-order chi connectivity index (χ1) is 14.0. The monoisotopic (exact) mass is 457 g/mol. The van der Waals surface area contributed by atoms with Gasteiger partial charge in [-0.15, -0.1) is 0 Å². The lowest BCUT2D eigenvalue weighted by Gasteiger charge is -2.22. The van der Waals surface area contributed by atoms with E-state index in [0.29, 0.717) is 17.8 Å². The predicted octanol–water partition coefficient (Wildman–Crippen LogP) is 1.03. The van der Waals surface area contributed by atoms with Crippen molar-refractivity contribution < 1.29 is 21.8 Å². The SMILES string of the molecule is Cc1nn(C)c(C)c1S(=O)(=O)N1CCCN(S(=O)(=O)c2cccc([N+](=O)[O-])c2)CC1. The summed E-state index contributed by atoms with van der Waals surface area (Å²) in [5, 5.41) is 15.1. The average Bonchev–Trinajstić information content (AvgIpc) is 2.86. The number of hydrogen-bond donors (Lipinski definition) is 0. The minimum Gasteiger partial charge on any atom is -0.271 e. The summed E-state index contributed by atoms with van der Waals surface area (Å²) in [5.41, 5.74) is 0.579. The Morgan fingerprint density at radius 2 is 1.60 bits per heavy atom. The van der Waals surface area contributed by atoms with Crippen molar-refractivity contribution in [1.29, 1.82) is 0 Å². The van der Waals surface area contributed by atoms with Crippen molar-refractivity contribution in [2.75, 3.05) is 26.2 Å². The van der Waals surface area contributed by atoms with Crippen LogP contribution >= 0.6 is 0 Å². The smallest absolute Gasteiger partial charge is 0.270 e. The summed E-state index contributed by atoms with van der Waals surface area (Å²) in [6.07, 6.45) is 0.297. The zero-order valence-corrected chi connectivity index (χ0v) is 18.5. The Labute approximate surface area is 175 Å². The molecule has 11 nitrogen and oxygen atoms in total. The second-order valence-electron chi connectivity index (χ2n) is 7.04. The van der Waals surface area contributed by atoms with Crippen molar-refractivity contribution in [3.05, 3.63) is 45.8 Å². The molecule has 0 amide bonds. The molecule has 1 aliphatic rings. The van der Waals surface area contributed by atoms with Gasteiger partial charge >= 0.3 is 0 Å². The summed E-state index contributed by atoms with van der Waals surface area (Å²) in [4.78, 5) is 10.3. The summed E-state index contributed by atoms with van der Waals surface area (Å²) >= 11 is 0. The van der Waals surface area contributed by atoms with Crippen LogP contribution in [0.1, 0.15) is 17.8 Å². The number of sulfonamides is 2. The van der Waals surface area contributed by atoms with Gasteiger partial charge in [0, 0.05) is 45.4 Å². The van der Waals surface area contributed by atoms with Crippen molar-refractivity contribution in [1.82, 2.24) is 18.4 Å². The molecule has 3 rings (SSSR count). The van der Waals surface area contributed by atoms with E-state index in [1.54, 1.807) is 20.9 Å². The Hall–Kier alpha value is -2.35. The molecule has 2 aromatic rings. The van der Waals surface area contributed by atoms with E-state index in [1.165, 1.54) is 31.5 Å². The van der Waals surface area contributed by atoms with E-state index in [2.05, 4.69) is 5.10 Å². The van der Waals surface area contributed by atoms with E-state index in [-0.39, 0.29) is 41.7 Å². The molecule has 0 atom stereocenters. The van der Waals surface area contributed by atoms with Gasteiger partial charge in [-0.1, -0.05) is 6.07 Å². The van der Waals surface area contributed by atoms with Crippen molar-refractivity contribution >= 4 is 25.7 Å². The molecule has 1 aliphatic heterocycles. The summed E-state index contributed by atoms with van der Waals surface area (Å²) in [7, 11) is -6.17. The van der Waals surface area contributed by atoms with Crippen LogP contribution in [0.3, 0.4) is 0 Å². The first-order valence-electron chi connectivity index (χ1n) is 9.21. The molecule has 0 radical (unpaired) electrons. The van der Waals surface area contributed by atoms with E-state index in [9.17, 15) is 26.9 Å². The molecule has 0 aliphatic carbocycles. The van der Waals surface area contributed by atoms with Crippen LogP contribution < -0.4 is 0 Å². The van der Waals surface area contributed by atoms with Crippen LogP contribution in [0, 0.1) is 24.0 Å². The predicted molar refractivity (Wildman–Crippen MR) is 108 cm³/mol. The Morgan fingerprint density at radius 1 is 1.00 bits per heavy atom. The highest BCUT2D eigenvalue weighted by atomic mass is 32.2. The topological polar surface area (TPSA) is 136 Å². The number of nitro groups is 1. The minimum absolute atomic E-state index is 0.0235. The molecule has 0 N–H and O–H groups in total. The Morgan fingerprint density at radius 3 is 2.13 bits per heavy atom. The third kappa shape index (κ3) is 3.97. The second kappa shape index (κ2) is 8.06. The zero-order chi connectivity index (χ0) is 22.3. The maximum absolute atomic E-state index is 13.2. The lowest BCUT2D eigenvalue weighted by atomic mass is 10.3. The van der Waals surface area contributed by atoms with Gasteiger partial charge in [0.2, 0.25) is 20.0 Å². The summed E-state index contributed by atoms with van der Waals surface area (Å²) in [6, 6.07) is 4.84. The lowest BCUT2D eigenvalue weighted by molar-refractivity contribution is -0.385. The van der Waals surface area contributed by atoms with Crippen molar-refractivity contribution in [3.8, 4) is 0 Å². The highest BCUT2D eigenvalue weighted by Gasteiger charge is 2.34. The van der Waals surface area contributed by atoms with Gasteiger partial charge in [-0.2, -0.15) is 13.7 Å². The highest BCUT2D eigenvalue weighted by Crippen LogP contribution is 2.26. The molecule has 30 heavy (non-hydrogen) atoms. The second-order valence-corrected chi connectivity index (χ2v) is 10.9. The van der Waals surface area contributed by atoms with Crippen LogP contribution in [0.25, 0.3) is 0 Å². The summed E-state index contributed by atoms with van der Waals surface area (Å²) in [6.45, 7) is 3.49. The molecule has 0 bridgehead atoms. The molecule has 0 unspecified atom stereocenters. The van der Waals surface area contributed by atoms with Crippen LogP contribution in [-0.2, 0) is 27.1 Å². The van der Waals surface area contributed by atoms with Crippen LogP contribution in [0.15, 0.2) is 34.1 Å². The van der Waals surface area contributed by atoms with Gasteiger partial charge in [0.15, 0.2) is 0 Å². The normalized spacial score (nSPS) is 17.0. The van der Waals surface area contributed by atoms with E-state index in [1.807, 2.05) is 0 Å². The quantitative estimate of drug-likeness (QED) is 0.483. The standard InChI is InChI=1S/C17H23N5O6S2/c1-13-17(14(2)19(3)18-13)30(27,28)21-9-5-8-20(10-11-21)29(25,26)16-7-4-6-15(12-16)22(23)24/h4,6-7,12H,5,8-11H2,1-3H3. The lowest BCUT2D eigenvalue weighted by Crippen LogP contribution is -2.37. The third-order valence-electron chi connectivity index (χ3n) is 5.12. The maximum Gasteiger partial charge on any atom is 0.270 e. The van der Waals surface area contributed by atoms with E-state index in [4.69, 9.17) is 0 Å². The van der Waals surface area contributed by atoms with Gasteiger partial charge in [-0.05, 0) is 26.3 Å². The number of aromatic nitrogens is 2. The van der Waals surface area contributed by atoms with Crippen LogP contribution in [0.2, 0.25) is 0 Å². The highest BCUT2D eigenvalue weighted by molar-refractivity contribution is 7.89. The third-order valence-corrected chi connectivity index (χ3v) is 9.17. The number of aryl methyl sites for hydroxylation is 2. The van der Waals surface area contributed by atoms with Crippen molar-refractivity contribution in [2.24, 2.45) is 7.05 Å². The molecule has 0 saturated carbocycles. The molecule has 164 valence electrons. The molecule has 1 saturated heterocycles. The van der Waals surface area contributed by atoms with Gasteiger partial charge < -0.3 is 0 Å². The molecule has 1 aromatic heterocycles. The number of nitrogens with zero attached hydrogens (tertiary/aromatic N) is 5. The van der Waals surface area contributed by atoms with E-state index < -0.39 is 25.0 Å². The largest absolute Gasteiger partial charge is 0.271 e. The molecule has 1 aromatic carbocycles. The Balaban J connectivity index is 1.86. The molecular formula is C17H23N5O6S2. The fourth-order valence-corrected chi connectivity index (χ4v) is 6.89. The van der Waals surface area contributed by atoms with E-state index in [0.717, 1.165) is 6.07 Å². The number of nitro benzene ring substituents is 1. The Kier molecular flexibility index (Phi) is 6.00. The number of non-ortho nitro benzene ring substituents is 1. The maximum atomic E-state index is 13.2. The molecule has 0 spiro atoms. The van der Waals surface area contributed by atoms with Gasteiger partial charge in [0.1, 0.15) is 4.90 Å². The van der Waals surface area contributed by atoms with Crippen molar-refractivity contribution in [2.45, 2.75) is 30.1 Å². The van der Waals surface area contributed by atoms with Gasteiger partial charge in [0.25, 0.3) is 5.69 Å². The minimum atomic E-state index is -4.00. The summed E-state index contributed by atoms with van der Waals surface area (Å²) in [5.74, 6) is 0. The molecule has 13 heteroatoms. The average molecular weight is 458 g/mol. The number of benzene rings is 1. The van der Waals surface area contributed by atoms with Crippen LogP contribution in [0.5, 0.6) is 0 Å². The number of rotatable bonds is 5. The fourth-order valence-electron chi connectivity index (χ4n) is 3.51. The molecule has 2 heterocycles. The first kappa shape index (κ1) is 22.3. The van der Waals surface area contributed by atoms with Crippen LogP contribution in [-0.4, -0.2) is 66.3 Å². The van der Waals surface area contributed by atoms with Crippen LogP contribution in [0.4, 0.5) is 5.69 Å². The number of hydrogen-bond acceptors (Lipinski definition) is 7. The van der Waals surface area contributed by atoms with Crippen molar-refractivity contribution in [3.63, 3.8) is 0 Å². The van der Waals surface area contributed by atoms with Gasteiger partial charge in [-0.25, -0.2) is 16.8 Å². The zero-order valence-electron chi connectivity index (χ0n) is 16.8.